The number of aliphatic hydroxyl groups excluding tert-OH is 1. The van der Waals surface area contributed by atoms with Crippen molar-refractivity contribution >= 4 is 30.8 Å². The summed E-state index contributed by atoms with van der Waals surface area (Å²) < 4.78 is 44.3. The van der Waals surface area contributed by atoms with Gasteiger partial charge in [-0.15, -0.1) is 0 Å². The van der Waals surface area contributed by atoms with Gasteiger partial charge in [-0.2, -0.15) is 0 Å². The van der Waals surface area contributed by atoms with Gasteiger partial charge in [0.05, 0.1) is 6.61 Å². The molecule has 5 aromatic carbocycles. The predicted molar refractivity (Wildman–Crippen MR) is 245 cm³/mol. The molecule has 11 nitrogen and oxygen atoms in total. The molecule has 2 N–H and O–H groups in total. The van der Waals surface area contributed by atoms with E-state index in [2.05, 4.69) is 74.6 Å². The van der Waals surface area contributed by atoms with Gasteiger partial charge in [-0.1, -0.05) is 160 Å². The minimum atomic E-state index is -2.96. The number of nitrogens with one attached hydrogen (secondary N) is 1. The number of hydrogen-bond donors (Lipinski definition) is 2. The van der Waals surface area contributed by atoms with Crippen LogP contribution in [0.4, 0.5) is 4.79 Å². The summed E-state index contributed by atoms with van der Waals surface area (Å²) in [7, 11) is -2.96. The number of benzene rings is 5. The highest BCUT2D eigenvalue weighted by Crippen LogP contribution is 2.45. The maximum absolute atomic E-state index is 13.6. The van der Waals surface area contributed by atoms with Crippen LogP contribution in [0.25, 0.3) is 11.1 Å². The van der Waals surface area contributed by atoms with Gasteiger partial charge in [0.15, 0.2) is 12.1 Å². The molecule has 0 radical (unpaired) electrons. The third-order valence-corrected chi connectivity index (χ3v) is 17.4. The Kier molecular flexibility index (Phi) is 13.8. The van der Waals surface area contributed by atoms with Crippen molar-refractivity contribution < 1.29 is 47.5 Å². The van der Waals surface area contributed by atoms with Crippen LogP contribution >= 0.6 is 0 Å². The van der Waals surface area contributed by atoms with Gasteiger partial charge >= 0.3 is 12.1 Å². The van der Waals surface area contributed by atoms with E-state index in [1.807, 2.05) is 105 Å². The number of hydrogen-bond acceptors (Lipinski definition) is 10. The van der Waals surface area contributed by atoms with Crippen molar-refractivity contribution in [2.75, 3.05) is 19.8 Å². The van der Waals surface area contributed by atoms with E-state index in [9.17, 15) is 14.7 Å². The summed E-state index contributed by atoms with van der Waals surface area (Å²) in [6, 6.07) is 45.2. The monoisotopic (exact) mass is 885 g/mol. The minimum Gasteiger partial charge on any atom is -0.459 e. The van der Waals surface area contributed by atoms with Crippen LogP contribution in [0.5, 0.6) is 0 Å². The van der Waals surface area contributed by atoms with Gasteiger partial charge in [-0.3, -0.25) is 0 Å². The highest BCUT2D eigenvalue weighted by molar-refractivity contribution is 6.99. The number of aliphatic hydroxyl groups is 1. The van der Waals surface area contributed by atoms with Gasteiger partial charge in [0.2, 0.25) is 0 Å². The smallest absolute Gasteiger partial charge is 0.407 e. The van der Waals surface area contributed by atoms with Gasteiger partial charge in [0.1, 0.15) is 43.7 Å². The van der Waals surface area contributed by atoms with Gasteiger partial charge < -0.3 is 43.3 Å². The molecule has 0 spiro atoms. The van der Waals surface area contributed by atoms with Crippen LogP contribution in [0.2, 0.25) is 5.04 Å². The number of rotatable bonds is 16. The molecule has 0 aromatic heterocycles. The lowest BCUT2D eigenvalue weighted by Crippen LogP contribution is -2.68. The molecule has 1 aliphatic carbocycles. The zero-order valence-electron chi connectivity index (χ0n) is 37.2. The Morgan fingerprint density at radius 1 is 0.734 bits per heavy atom. The van der Waals surface area contributed by atoms with Crippen molar-refractivity contribution in [1.29, 1.82) is 0 Å². The quantitative estimate of drug-likeness (QED) is 0.0580. The molecule has 3 aliphatic rings. The number of carbonyl (C=O) groups is 2. The van der Waals surface area contributed by atoms with Crippen molar-refractivity contribution in [3.05, 3.63) is 156 Å². The molecule has 0 saturated carbocycles. The molecule has 6 atom stereocenters. The normalized spacial score (nSPS) is 21.9. The second kappa shape index (κ2) is 19.5. The molecule has 1 amide bonds. The average Bonchev–Trinajstić information content (AvgIpc) is 3.81. The maximum Gasteiger partial charge on any atom is 0.407 e. The summed E-state index contributed by atoms with van der Waals surface area (Å²) in [6.07, 6.45) is -4.57. The highest BCUT2D eigenvalue weighted by Gasteiger charge is 2.57. The van der Waals surface area contributed by atoms with Crippen molar-refractivity contribution in [1.82, 2.24) is 5.32 Å². The van der Waals surface area contributed by atoms with E-state index in [0.717, 1.165) is 38.2 Å². The maximum atomic E-state index is 13.6. The zero-order valence-corrected chi connectivity index (χ0v) is 38.2. The lowest BCUT2D eigenvalue weighted by molar-refractivity contribution is -0.281. The Balaban J connectivity index is 0.942. The van der Waals surface area contributed by atoms with Crippen LogP contribution in [0.3, 0.4) is 0 Å². The molecule has 0 bridgehead atoms. The van der Waals surface area contributed by atoms with Crippen molar-refractivity contribution in [3.8, 4) is 11.1 Å². The van der Waals surface area contributed by atoms with Crippen LogP contribution in [-0.2, 0) is 44.2 Å². The molecule has 5 aromatic rings. The third kappa shape index (κ3) is 9.74. The standard InChI is InChI=1S/C52H59NO10Si/c1-51(2,3)64(36-22-11-7-12-23-36,37-24-13-8-14-25-37)60-34-44-46-47(63-52(4,5)62-46)45(54)49(61-44)57-31-19-30-43(48(55)58-32-35-20-9-6-10-21-35)53-50(56)59-33-42-40-28-17-15-26-38(40)39-27-16-18-29-41(39)42/h6-18,20-29,42-47,49,54H,19,30-34H2,1-5H3,(H,53,56)/t43-,44+,45+,46-,47+,49+/m0/s1. The molecule has 336 valence electrons. The molecule has 12 heteroatoms. The Hall–Kier alpha value is -5.18. The first-order valence-corrected chi connectivity index (χ1v) is 24.1. The van der Waals surface area contributed by atoms with Crippen LogP contribution in [0.1, 0.15) is 70.1 Å². The topological polar surface area (TPSA) is 131 Å². The van der Waals surface area contributed by atoms with Gasteiger partial charge in [0, 0.05) is 12.5 Å². The Morgan fingerprint density at radius 2 is 1.28 bits per heavy atom. The molecule has 0 unspecified atom stereocenters. The second-order valence-corrected chi connectivity index (χ2v) is 22.5. The first-order valence-electron chi connectivity index (χ1n) is 22.2. The van der Waals surface area contributed by atoms with Crippen molar-refractivity contribution in [2.45, 2.75) is 108 Å². The number of esters is 1. The van der Waals surface area contributed by atoms with E-state index >= 15 is 0 Å². The number of amides is 1. The molecular formula is C52H59NO10Si. The summed E-state index contributed by atoms with van der Waals surface area (Å²) >= 11 is 0. The summed E-state index contributed by atoms with van der Waals surface area (Å²) in [5.74, 6) is -1.73. The Labute approximate surface area is 377 Å². The van der Waals surface area contributed by atoms with E-state index in [1.54, 1.807) is 0 Å². The zero-order chi connectivity index (χ0) is 44.9. The molecular weight excluding hydrogens is 827 g/mol. The number of fused-ring (bicyclic) bond motifs is 4. The third-order valence-electron chi connectivity index (χ3n) is 12.4. The Bertz CT molecular complexity index is 2250. The van der Waals surface area contributed by atoms with Crippen LogP contribution in [-0.4, -0.2) is 87.8 Å². The summed E-state index contributed by atoms with van der Waals surface area (Å²) in [5.41, 5.74) is 5.22. The Morgan fingerprint density at radius 3 is 1.88 bits per heavy atom. The fraction of sp³-hybridized carbons (Fsp3) is 0.385. The molecule has 2 fully saturated rings. The van der Waals surface area contributed by atoms with Gasteiger partial charge in [-0.05, 0) is 69.9 Å². The molecule has 2 heterocycles. The van der Waals surface area contributed by atoms with E-state index in [4.69, 9.17) is 32.8 Å². The van der Waals surface area contributed by atoms with Crippen molar-refractivity contribution in [2.24, 2.45) is 0 Å². The van der Waals surface area contributed by atoms with Gasteiger partial charge in [-0.25, -0.2) is 9.59 Å². The van der Waals surface area contributed by atoms with Crippen molar-refractivity contribution in [3.63, 3.8) is 0 Å². The lowest BCUT2D eigenvalue weighted by Gasteiger charge is -2.45. The average molecular weight is 886 g/mol. The largest absolute Gasteiger partial charge is 0.459 e. The lowest BCUT2D eigenvalue weighted by atomic mass is 9.98. The van der Waals surface area contributed by atoms with E-state index in [-0.39, 0.29) is 43.8 Å². The molecule has 8 rings (SSSR count). The van der Waals surface area contributed by atoms with Crippen LogP contribution in [0.15, 0.2) is 140 Å². The fourth-order valence-corrected chi connectivity index (χ4v) is 14.0. The SMILES string of the molecule is CC1(C)O[C@@H]2[C@@H](O)[C@H](OCCC[C@H](NC(=O)OCC3c4ccccc4-c4ccccc43)C(=O)OCc3ccccc3)O[C@H](CO[Si](c3ccccc3)(c3ccccc3)C(C)(C)C)[C@@H]2O1. The fourth-order valence-electron chi connectivity index (χ4n) is 9.44. The summed E-state index contributed by atoms with van der Waals surface area (Å²) in [5, 5.41) is 16.4. The van der Waals surface area contributed by atoms with E-state index in [0.29, 0.717) is 6.42 Å². The molecule has 64 heavy (non-hydrogen) atoms. The summed E-state index contributed by atoms with van der Waals surface area (Å²) in [6.45, 7) is 10.6. The van der Waals surface area contributed by atoms with Crippen LogP contribution in [0, 0.1) is 0 Å². The highest BCUT2D eigenvalue weighted by atomic mass is 28.4. The number of carbonyl (C=O) groups excluding carboxylic acids is 2. The molecule has 2 aliphatic heterocycles. The molecule has 2 saturated heterocycles. The predicted octanol–water partition coefficient (Wildman–Crippen LogP) is 7.62. The van der Waals surface area contributed by atoms with E-state index < -0.39 is 62.9 Å². The number of ether oxygens (including phenoxy) is 6. The van der Waals surface area contributed by atoms with Gasteiger partial charge in [0.25, 0.3) is 8.32 Å². The van der Waals surface area contributed by atoms with Crippen LogP contribution < -0.4 is 15.7 Å². The first-order chi connectivity index (χ1) is 30.8. The second-order valence-electron chi connectivity index (χ2n) is 18.2. The summed E-state index contributed by atoms with van der Waals surface area (Å²) in [4.78, 5) is 27.1. The van der Waals surface area contributed by atoms with E-state index in [1.165, 1.54) is 0 Å². The number of alkyl carbamates (subject to hydrolysis) is 1. The first kappa shape index (κ1) is 45.4. The minimum absolute atomic E-state index is 0.0412.